The summed E-state index contributed by atoms with van der Waals surface area (Å²) in [6.07, 6.45) is 0.784. The normalized spacial score (nSPS) is 12.8. The van der Waals surface area contributed by atoms with Crippen LogP contribution in [0, 0.1) is 19.8 Å². The molecule has 0 aliphatic carbocycles. The van der Waals surface area contributed by atoms with Gasteiger partial charge in [0.15, 0.2) is 5.89 Å². The predicted molar refractivity (Wildman–Crippen MR) is 70.4 cm³/mol. The van der Waals surface area contributed by atoms with Crippen LogP contribution in [-0.4, -0.2) is 35.4 Å². The summed E-state index contributed by atoms with van der Waals surface area (Å²) in [6.45, 7) is 8.29. The molecule has 1 unspecified atom stereocenters. The van der Waals surface area contributed by atoms with Gasteiger partial charge in [0.25, 0.3) is 5.91 Å². The Labute approximate surface area is 108 Å². The van der Waals surface area contributed by atoms with Crippen LogP contribution in [0.3, 0.4) is 0 Å². The smallest absolute Gasteiger partial charge is 0.291 e. The molecule has 102 valence electrons. The molecule has 0 radical (unpaired) electrons. The third-order valence-electron chi connectivity index (χ3n) is 3.10. The van der Waals surface area contributed by atoms with E-state index in [9.17, 15) is 4.79 Å². The minimum atomic E-state index is -0.135. The van der Waals surface area contributed by atoms with Crippen LogP contribution in [0.1, 0.15) is 42.4 Å². The van der Waals surface area contributed by atoms with Gasteiger partial charge in [-0.2, -0.15) is 0 Å². The molecule has 1 amide bonds. The summed E-state index contributed by atoms with van der Waals surface area (Å²) in [5, 5.41) is 0. The highest BCUT2D eigenvalue weighted by Crippen LogP contribution is 2.12. The molecular weight excluding hydrogens is 230 g/mol. The van der Waals surface area contributed by atoms with Gasteiger partial charge >= 0.3 is 0 Å². The minimum Gasteiger partial charge on any atom is -0.436 e. The van der Waals surface area contributed by atoms with Gasteiger partial charge in [0.2, 0.25) is 5.76 Å². The van der Waals surface area contributed by atoms with Crippen LogP contribution in [0.15, 0.2) is 4.42 Å². The van der Waals surface area contributed by atoms with Crippen molar-refractivity contribution in [3.63, 3.8) is 0 Å². The molecule has 1 aromatic heterocycles. The summed E-state index contributed by atoms with van der Waals surface area (Å²) in [4.78, 5) is 17.8. The molecular formula is C13H23N3O2. The number of oxazole rings is 1. The number of hydrogen-bond donors (Lipinski definition) is 1. The summed E-state index contributed by atoms with van der Waals surface area (Å²) >= 11 is 0. The predicted octanol–water partition coefficient (Wildman–Crippen LogP) is 1.74. The van der Waals surface area contributed by atoms with Crippen LogP contribution in [0.4, 0.5) is 0 Å². The molecule has 5 heteroatoms. The lowest BCUT2D eigenvalue weighted by molar-refractivity contribution is 0.0755. The van der Waals surface area contributed by atoms with Crippen LogP contribution in [0.5, 0.6) is 0 Å². The van der Waals surface area contributed by atoms with E-state index >= 15 is 0 Å². The van der Waals surface area contributed by atoms with Crippen molar-refractivity contribution in [2.24, 2.45) is 11.7 Å². The average Bonchev–Trinajstić information content (AvgIpc) is 2.63. The molecule has 1 aromatic rings. The SMILES string of the molecule is Cc1nc(C)c(C(=O)N(C)CCC(N)C(C)C)o1. The van der Waals surface area contributed by atoms with Gasteiger partial charge in [0.05, 0.1) is 5.69 Å². The zero-order valence-corrected chi connectivity index (χ0v) is 11.9. The first kappa shape index (κ1) is 14.7. The van der Waals surface area contributed by atoms with E-state index in [1.807, 2.05) is 0 Å². The van der Waals surface area contributed by atoms with E-state index in [0.29, 0.717) is 29.8 Å². The van der Waals surface area contributed by atoms with Crippen molar-refractivity contribution in [1.82, 2.24) is 9.88 Å². The van der Waals surface area contributed by atoms with E-state index in [1.54, 1.807) is 25.8 Å². The van der Waals surface area contributed by atoms with Gasteiger partial charge in [-0.15, -0.1) is 0 Å². The van der Waals surface area contributed by atoms with Crippen LogP contribution < -0.4 is 5.73 Å². The third kappa shape index (κ3) is 3.57. The Kier molecular flexibility index (Phi) is 4.90. The monoisotopic (exact) mass is 253 g/mol. The van der Waals surface area contributed by atoms with E-state index in [0.717, 1.165) is 6.42 Å². The number of carbonyl (C=O) groups is 1. The summed E-state index contributed by atoms with van der Waals surface area (Å²) in [7, 11) is 1.76. The zero-order valence-electron chi connectivity index (χ0n) is 11.9. The van der Waals surface area contributed by atoms with E-state index in [-0.39, 0.29) is 11.9 Å². The molecule has 0 aromatic carbocycles. The van der Waals surface area contributed by atoms with Gasteiger partial charge < -0.3 is 15.1 Å². The van der Waals surface area contributed by atoms with Gasteiger partial charge in [-0.3, -0.25) is 4.79 Å². The van der Waals surface area contributed by atoms with Gasteiger partial charge in [0.1, 0.15) is 0 Å². The first-order chi connectivity index (χ1) is 8.32. The highest BCUT2D eigenvalue weighted by atomic mass is 16.4. The second-order valence-corrected chi connectivity index (χ2v) is 5.07. The van der Waals surface area contributed by atoms with Gasteiger partial charge in [0, 0.05) is 26.6 Å². The molecule has 5 nitrogen and oxygen atoms in total. The van der Waals surface area contributed by atoms with Crippen molar-refractivity contribution < 1.29 is 9.21 Å². The second-order valence-electron chi connectivity index (χ2n) is 5.07. The second kappa shape index (κ2) is 6.00. The van der Waals surface area contributed by atoms with Gasteiger partial charge in [-0.05, 0) is 19.3 Å². The molecule has 0 saturated heterocycles. The Morgan fingerprint density at radius 3 is 2.50 bits per heavy atom. The Morgan fingerprint density at radius 2 is 2.06 bits per heavy atom. The molecule has 0 saturated carbocycles. The van der Waals surface area contributed by atoms with Crippen molar-refractivity contribution >= 4 is 5.91 Å². The quantitative estimate of drug-likeness (QED) is 0.867. The molecule has 18 heavy (non-hydrogen) atoms. The Balaban J connectivity index is 2.59. The van der Waals surface area contributed by atoms with Crippen molar-refractivity contribution in [1.29, 1.82) is 0 Å². The summed E-state index contributed by atoms with van der Waals surface area (Å²) in [5.74, 6) is 1.13. The van der Waals surface area contributed by atoms with Crippen molar-refractivity contribution in [2.75, 3.05) is 13.6 Å². The number of rotatable bonds is 5. The lowest BCUT2D eigenvalue weighted by Gasteiger charge is -2.20. The fourth-order valence-electron chi connectivity index (χ4n) is 1.68. The van der Waals surface area contributed by atoms with E-state index in [1.165, 1.54) is 0 Å². The summed E-state index contributed by atoms with van der Waals surface area (Å²) in [5.41, 5.74) is 6.60. The molecule has 0 aliphatic heterocycles. The number of aryl methyl sites for hydroxylation is 2. The molecule has 1 heterocycles. The van der Waals surface area contributed by atoms with Crippen LogP contribution >= 0.6 is 0 Å². The van der Waals surface area contributed by atoms with Gasteiger partial charge in [-0.25, -0.2) is 4.98 Å². The molecule has 0 fully saturated rings. The van der Waals surface area contributed by atoms with E-state index in [4.69, 9.17) is 10.2 Å². The fourth-order valence-corrected chi connectivity index (χ4v) is 1.68. The fraction of sp³-hybridized carbons (Fsp3) is 0.692. The topological polar surface area (TPSA) is 72.4 Å². The molecule has 0 spiro atoms. The van der Waals surface area contributed by atoms with Gasteiger partial charge in [-0.1, -0.05) is 13.8 Å². The maximum Gasteiger partial charge on any atom is 0.291 e. The first-order valence-corrected chi connectivity index (χ1v) is 6.28. The highest BCUT2D eigenvalue weighted by molar-refractivity contribution is 5.92. The molecule has 0 bridgehead atoms. The number of carbonyl (C=O) groups excluding carboxylic acids is 1. The standard InChI is InChI=1S/C13H23N3O2/c1-8(2)11(14)6-7-16(5)13(17)12-9(3)15-10(4)18-12/h8,11H,6-7,14H2,1-5H3. The average molecular weight is 253 g/mol. The first-order valence-electron chi connectivity index (χ1n) is 6.28. The number of amides is 1. The Hall–Kier alpha value is -1.36. The largest absolute Gasteiger partial charge is 0.436 e. The van der Waals surface area contributed by atoms with E-state index < -0.39 is 0 Å². The summed E-state index contributed by atoms with van der Waals surface area (Å²) in [6, 6.07) is 0.109. The summed E-state index contributed by atoms with van der Waals surface area (Å²) < 4.78 is 5.32. The molecule has 0 aliphatic rings. The van der Waals surface area contributed by atoms with Crippen molar-refractivity contribution in [3.05, 3.63) is 17.3 Å². The highest BCUT2D eigenvalue weighted by Gasteiger charge is 2.20. The van der Waals surface area contributed by atoms with Crippen LogP contribution in [0.2, 0.25) is 0 Å². The lowest BCUT2D eigenvalue weighted by atomic mass is 10.0. The number of nitrogens with two attached hydrogens (primary N) is 1. The van der Waals surface area contributed by atoms with E-state index in [2.05, 4.69) is 18.8 Å². The van der Waals surface area contributed by atoms with Crippen LogP contribution in [0.25, 0.3) is 0 Å². The van der Waals surface area contributed by atoms with Crippen molar-refractivity contribution in [3.8, 4) is 0 Å². The zero-order chi connectivity index (χ0) is 13.9. The maximum absolute atomic E-state index is 12.1. The minimum absolute atomic E-state index is 0.109. The maximum atomic E-state index is 12.1. The number of nitrogens with zero attached hydrogens (tertiary/aromatic N) is 2. The van der Waals surface area contributed by atoms with Crippen molar-refractivity contribution in [2.45, 2.75) is 40.2 Å². The molecule has 1 atom stereocenters. The van der Waals surface area contributed by atoms with Crippen LogP contribution in [-0.2, 0) is 0 Å². The number of hydrogen-bond acceptors (Lipinski definition) is 4. The molecule has 1 rings (SSSR count). The Morgan fingerprint density at radius 1 is 1.44 bits per heavy atom. The third-order valence-corrected chi connectivity index (χ3v) is 3.10. The number of aromatic nitrogens is 1. The molecule has 2 N–H and O–H groups in total. The lowest BCUT2D eigenvalue weighted by Crippen LogP contribution is -2.34. The Bertz CT molecular complexity index is 412.